The van der Waals surface area contributed by atoms with Crippen LogP contribution in [0.15, 0.2) is 88.7 Å². The van der Waals surface area contributed by atoms with Crippen molar-refractivity contribution in [3.63, 3.8) is 0 Å². The summed E-state index contributed by atoms with van der Waals surface area (Å²) in [6.45, 7) is 4.41. The number of hydrogen-bond acceptors (Lipinski definition) is 8. The van der Waals surface area contributed by atoms with Gasteiger partial charge in [0.15, 0.2) is 5.71 Å². The molecule has 2 aromatic carbocycles. The summed E-state index contributed by atoms with van der Waals surface area (Å²) in [5.41, 5.74) is 3.80. The van der Waals surface area contributed by atoms with Gasteiger partial charge in [-0.3, -0.25) is 4.98 Å². The van der Waals surface area contributed by atoms with Crippen LogP contribution < -0.4 is 4.74 Å². The van der Waals surface area contributed by atoms with E-state index in [-0.39, 0.29) is 18.9 Å². The second-order valence-electron chi connectivity index (χ2n) is 8.21. The first-order chi connectivity index (χ1) is 18.1. The van der Waals surface area contributed by atoms with Crippen molar-refractivity contribution in [2.45, 2.75) is 39.9 Å². The van der Waals surface area contributed by atoms with Gasteiger partial charge in [0.25, 0.3) is 0 Å². The summed E-state index contributed by atoms with van der Waals surface area (Å²) in [6.07, 6.45) is 4.48. The molecule has 0 unspecified atom stereocenters. The van der Waals surface area contributed by atoms with Crippen molar-refractivity contribution in [1.29, 1.82) is 0 Å². The van der Waals surface area contributed by atoms with E-state index in [1.165, 1.54) is 0 Å². The maximum Gasteiger partial charge on any atom is 0.356 e. The van der Waals surface area contributed by atoms with Gasteiger partial charge in [-0.1, -0.05) is 41.6 Å². The molecule has 4 rings (SSSR count). The summed E-state index contributed by atoms with van der Waals surface area (Å²) in [5, 5.41) is 4.06. The average Bonchev–Trinajstić information content (AvgIpc) is 3.31. The highest BCUT2D eigenvalue weighted by atomic mass is 16.6. The number of aromatic nitrogens is 2. The van der Waals surface area contributed by atoms with Crippen LogP contribution in [0, 0.1) is 6.92 Å². The lowest BCUT2D eigenvalue weighted by molar-refractivity contribution is -0.135. The number of esters is 1. The highest BCUT2D eigenvalue weighted by molar-refractivity contribution is 6.36. The van der Waals surface area contributed by atoms with Gasteiger partial charge < -0.3 is 18.7 Å². The molecule has 0 spiro atoms. The molecule has 0 atom stereocenters. The minimum Gasteiger partial charge on any atom is -0.487 e. The van der Waals surface area contributed by atoms with Crippen LogP contribution in [0.2, 0.25) is 0 Å². The molecule has 0 saturated heterocycles. The fraction of sp³-hybridized carbons (Fsp3) is 0.241. The zero-order valence-electron chi connectivity index (χ0n) is 20.9. The molecule has 0 N–H and O–H groups in total. The predicted octanol–water partition coefficient (Wildman–Crippen LogP) is 5.69. The number of nitrogens with zero attached hydrogens (tertiary/aromatic N) is 3. The first-order valence-corrected chi connectivity index (χ1v) is 12.1. The Balaban J connectivity index is 1.30. The zero-order valence-corrected chi connectivity index (χ0v) is 20.9. The molecule has 0 saturated carbocycles. The van der Waals surface area contributed by atoms with E-state index < -0.39 is 5.97 Å². The summed E-state index contributed by atoms with van der Waals surface area (Å²) >= 11 is 0. The lowest BCUT2D eigenvalue weighted by Gasteiger charge is -2.08. The number of aryl methyl sites for hydroxylation is 2. The molecular formula is C29H29N3O5. The van der Waals surface area contributed by atoms with Crippen molar-refractivity contribution in [1.82, 2.24) is 9.97 Å². The molecule has 37 heavy (non-hydrogen) atoms. The van der Waals surface area contributed by atoms with Gasteiger partial charge in [0.1, 0.15) is 30.4 Å². The smallest absolute Gasteiger partial charge is 0.356 e. The van der Waals surface area contributed by atoms with Crippen LogP contribution in [0.25, 0.3) is 11.5 Å². The topological polar surface area (TPSA) is 96.0 Å². The van der Waals surface area contributed by atoms with E-state index in [2.05, 4.69) is 15.1 Å². The molecule has 190 valence electrons. The summed E-state index contributed by atoms with van der Waals surface area (Å²) in [4.78, 5) is 26.4. The Hall–Kier alpha value is -4.46. The number of oxime groups is 1. The SMILES string of the molecule is CCOC(=O)C(CCc1cccnc1)=NOCc1ccc(OCc2nc(-c3ccccc3)oc2C)cc1. The number of carbonyl (C=O) groups excluding carboxylic acids is 1. The number of rotatable bonds is 12. The maximum absolute atomic E-state index is 12.3. The van der Waals surface area contributed by atoms with Gasteiger partial charge >= 0.3 is 5.97 Å². The van der Waals surface area contributed by atoms with Crippen LogP contribution in [-0.2, 0) is 34.0 Å². The predicted molar refractivity (Wildman–Crippen MR) is 139 cm³/mol. The van der Waals surface area contributed by atoms with Crippen LogP contribution in [-0.4, -0.2) is 28.3 Å². The number of ether oxygens (including phenoxy) is 2. The highest BCUT2D eigenvalue weighted by Crippen LogP contribution is 2.23. The van der Waals surface area contributed by atoms with Crippen LogP contribution in [0.4, 0.5) is 0 Å². The third kappa shape index (κ3) is 7.51. The highest BCUT2D eigenvalue weighted by Gasteiger charge is 2.14. The van der Waals surface area contributed by atoms with E-state index in [1.807, 2.05) is 73.7 Å². The summed E-state index contributed by atoms with van der Waals surface area (Å²) in [6, 6.07) is 21.0. The molecule has 0 aliphatic carbocycles. The number of oxazole rings is 1. The number of benzene rings is 2. The molecule has 2 heterocycles. The molecule has 0 aliphatic heterocycles. The van der Waals surface area contributed by atoms with Crippen molar-refractivity contribution >= 4 is 11.7 Å². The van der Waals surface area contributed by atoms with Gasteiger partial charge in [0.05, 0.1) is 6.61 Å². The van der Waals surface area contributed by atoms with E-state index in [9.17, 15) is 4.79 Å². The van der Waals surface area contributed by atoms with Crippen molar-refractivity contribution in [2.24, 2.45) is 5.16 Å². The van der Waals surface area contributed by atoms with Gasteiger partial charge in [-0.25, -0.2) is 9.78 Å². The van der Waals surface area contributed by atoms with Crippen molar-refractivity contribution in [3.8, 4) is 17.2 Å². The third-order valence-electron chi connectivity index (χ3n) is 5.50. The molecule has 0 amide bonds. The lowest BCUT2D eigenvalue weighted by atomic mass is 10.1. The van der Waals surface area contributed by atoms with E-state index in [1.54, 1.807) is 19.3 Å². The molecule has 4 aromatic rings. The van der Waals surface area contributed by atoms with Crippen LogP contribution in [0.5, 0.6) is 5.75 Å². The molecular weight excluding hydrogens is 470 g/mol. The summed E-state index contributed by atoms with van der Waals surface area (Å²) in [7, 11) is 0. The average molecular weight is 500 g/mol. The monoisotopic (exact) mass is 499 g/mol. The van der Waals surface area contributed by atoms with Crippen molar-refractivity contribution in [2.75, 3.05) is 6.61 Å². The third-order valence-corrected chi connectivity index (χ3v) is 5.50. The van der Waals surface area contributed by atoms with Gasteiger partial charge in [0, 0.05) is 24.4 Å². The Kier molecular flexibility index (Phi) is 9.02. The Morgan fingerprint density at radius 2 is 1.78 bits per heavy atom. The standard InChI is InChI=1S/C29H29N3O5/c1-3-34-29(33)26(16-13-22-8-7-17-30-18-22)32-36-19-23-11-14-25(15-12-23)35-20-27-21(2)37-28(31-27)24-9-5-4-6-10-24/h4-12,14-15,17-18H,3,13,16,19-20H2,1-2H3. The minimum atomic E-state index is -0.478. The summed E-state index contributed by atoms with van der Waals surface area (Å²) in [5.74, 6) is 1.52. The largest absolute Gasteiger partial charge is 0.487 e. The van der Waals surface area contributed by atoms with Crippen LogP contribution in [0.1, 0.15) is 35.9 Å². The van der Waals surface area contributed by atoms with Crippen molar-refractivity contribution in [3.05, 3.63) is 102 Å². The molecule has 0 aliphatic rings. The van der Waals surface area contributed by atoms with E-state index in [4.69, 9.17) is 18.7 Å². The molecule has 0 radical (unpaired) electrons. The molecule has 0 fully saturated rings. The van der Waals surface area contributed by atoms with Crippen LogP contribution in [0.3, 0.4) is 0 Å². The second kappa shape index (κ2) is 13.0. The minimum absolute atomic E-state index is 0.207. The van der Waals surface area contributed by atoms with Gasteiger partial charge in [0.2, 0.25) is 5.89 Å². The summed E-state index contributed by atoms with van der Waals surface area (Å²) < 4.78 is 16.8. The molecule has 2 aromatic heterocycles. The quantitative estimate of drug-likeness (QED) is 0.140. The van der Waals surface area contributed by atoms with Crippen LogP contribution >= 0.6 is 0 Å². The first kappa shape index (κ1) is 25.6. The number of carbonyl (C=O) groups is 1. The van der Waals surface area contributed by atoms with E-state index in [0.29, 0.717) is 31.1 Å². The fourth-order valence-electron chi connectivity index (χ4n) is 3.49. The van der Waals surface area contributed by atoms with Gasteiger partial charge in [-0.15, -0.1) is 0 Å². The molecule has 8 nitrogen and oxygen atoms in total. The normalized spacial score (nSPS) is 11.2. The van der Waals surface area contributed by atoms with E-state index in [0.717, 1.165) is 28.1 Å². The number of pyridine rings is 1. The van der Waals surface area contributed by atoms with Gasteiger partial charge in [-0.2, -0.15) is 0 Å². The zero-order chi connectivity index (χ0) is 25.9. The maximum atomic E-state index is 12.3. The Morgan fingerprint density at radius 1 is 0.973 bits per heavy atom. The molecule has 0 bridgehead atoms. The van der Waals surface area contributed by atoms with Crippen molar-refractivity contribution < 1.29 is 23.5 Å². The second-order valence-corrected chi connectivity index (χ2v) is 8.21. The lowest BCUT2D eigenvalue weighted by Crippen LogP contribution is -2.19. The van der Waals surface area contributed by atoms with E-state index >= 15 is 0 Å². The number of hydrogen-bond donors (Lipinski definition) is 0. The Bertz CT molecular complexity index is 1300. The Labute approximate surface area is 215 Å². The molecule has 8 heteroatoms. The van der Waals surface area contributed by atoms with Gasteiger partial charge in [-0.05, 0) is 61.7 Å². The first-order valence-electron chi connectivity index (χ1n) is 12.1. The fourth-order valence-corrected chi connectivity index (χ4v) is 3.49. The Morgan fingerprint density at radius 3 is 2.51 bits per heavy atom.